The van der Waals surface area contributed by atoms with Crippen LogP contribution in [0, 0.1) is 0 Å². The van der Waals surface area contributed by atoms with Gasteiger partial charge in [0.05, 0.1) is 0 Å². The molecule has 3 nitrogen and oxygen atoms in total. The molecule has 138 valence electrons. The van der Waals surface area contributed by atoms with Gasteiger partial charge in [-0.15, -0.1) is 0 Å². The van der Waals surface area contributed by atoms with Crippen LogP contribution in [0.15, 0.2) is 84.9 Å². The zero-order valence-electron chi connectivity index (χ0n) is 15.6. The van der Waals surface area contributed by atoms with Crippen LogP contribution in [-0.4, -0.2) is 11.0 Å². The SMILES string of the molecule is CCCCc1ccc(NC(=O)C(O)(c2ccccc2)c2ccccc2)cc1. The van der Waals surface area contributed by atoms with Crippen molar-refractivity contribution in [3.05, 3.63) is 102 Å². The maximum Gasteiger partial charge on any atom is 0.265 e. The average molecular weight is 359 g/mol. The summed E-state index contributed by atoms with van der Waals surface area (Å²) in [6.07, 6.45) is 3.33. The van der Waals surface area contributed by atoms with Gasteiger partial charge >= 0.3 is 0 Å². The predicted octanol–water partition coefficient (Wildman–Crippen LogP) is 4.90. The van der Waals surface area contributed by atoms with Crippen LogP contribution >= 0.6 is 0 Å². The van der Waals surface area contributed by atoms with E-state index in [2.05, 4.69) is 12.2 Å². The average Bonchev–Trinajstić information content (AvgIpc) is 2.74. The molecule has 0 radical (unpaired) electrons. The second-order valence-corrected chi connectivity index (χ2v) is 6.70. The van der Waals surface area contributed by atoms with Gasteiger partial charge in [0.15, 0.2) is 5.60 Å². The maximum atomic E-state index is 13.1. The largest absolute Gasteiger partial charge is 0.372 e. The Morgan fingerprint density at radius 2 is 1.37 bits per heavy atom. The van der Waals surface area contributed by atoms with E-state index in [4.69, 9.17) is 0 Å². The highest BCUT2D eigenvalue weighted by atomic mass is 16.3. The van der Waals surface area contributed by atoms with Crippen LogP contribution in [0.5, 0.6) is 0 Å². The van der Waals surface area contributed by atoms with E-state index >= 15 is 0 Å². The van der Waals surface area contributed by atoms with Gasteiger partial charge in [-0.3, -0.25) is 4.79 Å². The molecule has 3 heteroatoms. The molecular formula is C24H25NO2. The van der Waals surface area contributed by atoms with Crippen molar-refractivity contribution in [2.75, 3.05) is 5.32 Å². The first-order chi connectivity index (χ1) is 13.1. The van der Waals surface area contributed by atoms with Crippen molar-refractivity contribution in [3.8, 4) is 0 Å². The fourth-order valence-corrected chi connectivity index (χ4v) is 3.14. The third kappa shape index (κ3) is 4.26. The van der Waals surface area contributed by atoms with Crippen molar-refractivity contribution < 1.29 is 9.90 Å². The summed E-state index contributed by atoms with van der Waals surface area (Å²) in [5, 5.41) is 14.3. The molecule has 0 heterocycles. The van der Waals surface area contributed by atoms with E-state index in [9.17, 15) is 9.90 Å². The van der Waals surface area contributed by atoms with Gasteiger partial charge in [0, 0.05) is 5.69 Å². The Balaban J connectivity index is 1.88. The molecule has 0 aliphatic carbocycles. The van der Waals surface area contributed by atoms with Crippen LogP contribution in [-0.2, 0) is 16.8 Å². The predicted molar refractivity (Wildman–Crippen MR) is 110 cm³/mol. The molecule has 0 spiro atoms. The minimum atomic E-state index is -1.76. The number of amides is 1. The summed E-state index contributed by atoms with van der Waals surface area (Å²) in [5.41, 5.74) is 1.23. The van der Waals surface area contributed by atoms with Gasteiger partial charge in [0.2, 0.25) is 0 Å². The molecule has 3 aromatic rings. The Bertz CT molecular complexity index is 818. The Labute approximate surface area is 160 Å². The second-order valence-electron chi connectivity index (χ2n) is 6.70. The normalized spacial score (nSPS) is 11.2. The molecule has 3 rings (SSSR count). The summed E-state index contributed by atoms with van der Waals surface area (Å²) >= 11 is 0. The van der Waals surface area contributed by atoms with E-state index in [1.807, 2.05) is 60.7 Å². The highest BCUT2D eigenvalue weighted by Crippen LogP contribution is 2.31. The molecule has 0 bridgehead atoms. The molecule has 0 unspecified atom stereocenters. The van der Waals surface area contributed by atoms with Gasteiger partial charge in [-0.05, 0) is 41.7 Å². The minimum absolute atomic E-state index is 0.471. The third-order valence-electron chi connectivity index (χ3n) is 4.74. The number of hydrogen-bond donors (Lipinski definition) is 2. The monoisotopic (exact) mass is 359 g/mol. The molecule has 1 amide bonds. The van der Waals surface area contributed by atoms with Crippen LogP contribution in [0.25, 0.3) is 0 Å². The van der Waals surface area contributed by atoms with E-state index in [-0.39, 0.29) is 0 Å². The first kappa shape index (κ1) is 18.9. The van der Waals surface area contributed by atoms with Gasteiger partial charge in [-0.1, -0.05) is 86.1 Å². The molecule has 0 aromatic heterocycles. The first-order valence-electron chi connectivity index (χ1n) is 9.38. The van der Waals surface area contributed by atoms with E-state index in [1.54, 1.807) is 24.3 Å². The van der Waals surface area contributed by atoms with Crippen molar-refractivity contribution in [1.82, 2.24) is 0 Å². The number of nitrogens with one attached hydrogen (secondary N) is 1. The van der Waals surface area contributed by atoms with Gasteiger partial charge in [-0.25, -0.2) is 0 Å². The second kappa shape index (κ2) is 8.65. The maximum absolute atomic E-state index is 13.1. The van der Waals surface area contributed by atoms with Crippen molar-refractivity contribution in [1.29, 1.82) is 0 Å². The molecular weight excluding hydrogens is 334 g/mol. The molecule has 0 fully saturated rings. The molecule has 0 aliphatic rings. The standard InChI is InChI=1S/C24H25NO2/c1-2-3-10-19-15-17-22(18-16-19)25-23(26)24(27,20-11-6-4-7-12-20)21-13-8-5-9-14-21/h4-9,11-18,27H,2-3,10H2,1H3,(H,25,26). The van der Waals surface area contributed by atoms with Crippen LogP contribution in [0.2, 0.25) is 0 Å². The molecule has 27 heavy (non-hydrogen) atoms. The van der Waals surface area contributed by atoms with Crippen LogP contribution in [0.1, 0.15) is 36.5 Å². The van der Waals surface area contributed by atoms with E-state index in [0.29, 0.717) is 16.8 Å². The lowest BCUT2D eigenvalue weighted by Crippen LogP contribution is -2.41. The summed E-state index contributed by atoms with van der Waals surface area (Å²) in [4.78, 5) is 13.1. The van der Waals surface area contributed by atoms with Gasteiger partial charge in [-0.2, -0.15) is 0 Å². The molecule has 0 saturated carbocycles. The van der Waals surface area contributed by atoms with E-state index in [1.165, 1.54) is 5.56 Å². The number of carbonyl (C=O) groups excluding carboxylic acids is 1. The lowest BCUT2D eigenvalue weighted by molar-refractivity contribution is -0.131. The smallest absolute Gasteiger partial charge is 0.265 e. The summed E-state index contributed by atoms with van der Waals surface area (Å²) < 4.78 is 0. The topological polar surface area (TPSA) is 49.3 Å². The number of anilines is 1. The van der Waals surface area contributed by atoms with Crippen LogP contribution in [0.4, 0.5) is 5.69 Å². The molecule has 3 aromatic carbocycles. The highest BCUT2D eigenvalue weighted by molar-refractivity contribution is 6.00. The summed E-state index contributed by atoms with van der Waals surface area (Å²) in [6.45, 7) is 2.17. The quantitative estimate of drug-likeness (QED) is 0.630. The fraction of sp³-hybridized carbons (Fsp3) is 0.208. The fourth-order valence-electron chi connectivity index (χ4n) is 3.14. The molecule has 0 aliphatic heterocycles. The third-order valence-corrected chi connectivity index (χ3v) is 4.74. The molecule has 0 saturated heterocycles. The lowest BCUT2D eigenvalue weighted by atomic mass is 9.85. The lowest BCUT2D eigenvalue weighted by Gasteiger charge is -2.28. The Morgan fingerprint density at radius 3 is 1.85 bits per heavy atom. The van der Waals surface area contributed by atoms with Crippen LogP contribution < -0.4 is 5.32 Å². The van der Waals surface area contributed by atoms with Crippen molar-refractivity contribution in [2.24, 2.45) is 0 Å². The highest BCUT2D eigenvalue weighted by Gasteiger charge is 2.39. The van der Waals surface area contributed by atoms with Crippen molar-refractivity contribution in [2.45, 2.75) is 31.8 Å². The number of rotatable bonds is 7. The number of benzene rings is 3. The van der Waals surface area contributed by atoms with Crippen molar-refractivity contribution >= 4 is 11.6 Å². The van der Waals surface area contributed by atoms with Gasteiger partial charge in [0.25, 0.3) is 5.91 Å². The first-order valence-corrected chi connectivity index (χ1v) is 9.38. The Kier molecular flexibility index (Phi) is 6.05. The number of unbranched alkanes of at least 4 members (excludes halogenated alkanes) is 1. The molecule has 2 N–H and O–H groups in total. The summed E-state index contributed by atoms with van der Waals surface area (Å²) in [7, 11) is 0. The number of aryl methyl sites for hydroxylation is 1. The van der Waals surface area contributed by atoms with Gasteiger partial charge < -0.3 is 10.4 Å². The van der Waals surface area contributed by atoms with Gasteiger partial charge in [0.1, 0.15) is 0 Å². The van der Waals surface area contributed by atoms with E-state index < -0.39 is 11.5 Å². The zero-order valence-corrected chi connectivity index (χ0v) is 15.6. The minimum Gasteiger partial charge on any atom is -0.372 e. The summed E-state index contributed by atoms with van der Waals surface area (Å²) in [5.74, 6) is -0.471. The Morgan fingerprint density at radius 1 is 0.852 bits per heavy atom. The van der Waals surface area contributed by atoms with Crippen molar-refractivity contribution in [3.63, 3.8) is 0 Å². The number of carbonyl (C=O) groups is 1. The van der Waals surface area contributed by atoms with Crippen LogP contribution in [0.3, 0.4) is 0 Å². The Hall–Kier alpha value is -2.91. The molecule has 0 atom stereocenters. The number of aliphatic hydroxyl groups is 1. The number of hydrogen-bond acceptors (Lipinski definition) is 2. The van der Waals surface area contributed by atoms with E-state index in [0.717, 1.165) is 19.3 Å². The summed E-state index contributed by atoms with van der Waals surface area (Å²) in [6, 6.07) is 25.9. The zero-order chi connectivity index (χ0) is 19.1.